The fourth-order valence-corrected chi connectivity index (χ4v) is 4.57. The zero-order valence-electron chi connectivity index (χ0n) is 20.8. The van der Waals surface area contributed by atoms with Gasteiger partial charge in [0.2, 0.25) is 0 Å². The van der Waals surface area contributed by atoms with Crippen LogP contribution in [-0.2, 0) is 19.1 Å². The number of ether oxygens (including phenoxy) is 2. The first-order chi connectivity index (χ1) is 13.8. The summed E-state index contributed by atoms with van der Waals surface area (Å²) < 4.78 is 11.1. The molecular formula is C26H46O4. The molecule has 30 heavy (non-hydrogen) atoms. The molecule has 0 aliphatic heterocycles. The fraction of sp³-hybridized carbons (Fsp3) is 0.846. The Morgan fingerprint density at radius 2 is 1.10 bits per heavy atom. The summed E-state index contributed by atoms with van der Waals surface area (Å²) in [6, 6.07) is 0. The van der Waals surface area contributed by atoms with Gasteiger partial charge in [0.05, 0.1) is 25.0 Å². The summed E-state index contributed by atoms with van der Waals surface area (Å²) in [6.07, 6.45) is 8.96. The van der Waals surface area contributed by atoms with Crippen molar-refractivity contribution in [2.75, 3.05) is 13.2 Å². The van der Waals surface area contributed by atoms with Crippen LogP contribution >= 0.6 is 0 Å². The predicted octanol–water partition coefficient (Wildman–Crippen LogP) is 6.58. The lowest BCUT2D eigenvalue weighted by atomic mass is 9.83. The van der Waals surface area contributed by atoms with Crippen molar-refractivity contribution in [2.45, 2.75) is 93.9 Å². The second kappa shape index (κ2) is 11.9. The minimum atomic E-state index is -0.424. The third kappa shape index (κ3) is 11.2. The van der Waals surface area contributed by atoms with Crippen molar-refractivity contribution in [3.05, 3.63) is 12.2 Å². The molecule has 4 atom stereocenters. The molecule has 0 heterocycles. The molecule has 0 N–H and O–H groups in total. The van der Waals surface area contributed by atoms with Crippen molar-refractivity contribution in [3.63, 3.8) is 0 Å². The molecule has 4 heteroatoms. The fourth-order valence-electron chi connectivity index (χ4n) is 4.57. The smallest absolute Gasteiger partial charge is 0.310 e. The highest BCUT2D eigenvalue weighted by atomic mass is 16.5. The molecule has 1 rings (SSSR count). The molecule has 174 valence electrons. The van der Waals surface area contributed by atoms with E-state index in [0.29, 0.717) is 37.9 Å². The van der Waals surface area contributed by atoms with E-state index in [0.717, 1.165) is 25.7 Å². The molecular weight excluding hydrogens is 376 g/mol. The maximum atomic E-state index is 12.7. The molecule has 0 aromatic carbocycles. The zero-order valence-corrected chi connectivity index (χ0v) is 20.8. The average Bonchev–Trinajstić information content (AvgIpc) is 2.58. The van der Waals surface area contributed by atoms with Crippen LogP contribution < -0.4 is 0 Å². The first kappa shape index (κ1) is 26.7. The lowest BCUT2D eigenvalue weighted by molar-refractivity contribution is -0.161. The molecule has 4 nitrogen and oxygen atoms in total. The number of allylic oxidation sites excluding steroid dienone is 2. The van der Waals surface area contributed by atoms with Gasteiger partial charge in [0.25, 0.3) is 0 Å². The van der Waals surface area contributed by atoms with Gasteiger partial charge in [-0.25, -0.2) is 0 Å². The number of carbonyl (C=O) groups excluding carboxylic acids is 2. The summed E-state index contributed by atoms with van der Waals surface area (Å²) in [6.45, 7) is 18.6. The van der Waals surface area contributed by atoms with Gasteiger partial charge in [-0.3, -0.25) is 9.59 Å². The Labute approximate surface area is 185 Å². The van der Waals surface area contributed by atoms with Crippen molar-refractivity contribution in [1.82, 2.24) is 0 Å². The Bertz CT molecular complexity index is 515. The van der Waals surface area contributed by atoms with E-state index in [2.05, 4.69) is 55.4 Å². The van der Waals surface area contributed by atoms with Crippen molar-refractivity contribution in [2.24, 2.45) is 34.5 Å². The van der Waals surface area contributed by atoms with E-state index in [1.807, 2.05) is 12.2 Å². The van der Waals surface area contributed by atoms with Gasteiger partial charge < -0.3 is 9.47 Å². The first-order valence-corrected chi connectivity index (χ1v) is 11.8. The quantitative estimate of drug-likeness (QED) is 0.295. The molecule has 0 saturated heterocycles. The normalized spacial score (nSPS) is 21.7. The van der Waals surface area contributed by atoms with Gasteiger partial charge in [-0.2, -0.15) is 0 Å². The molecule has 0 aromatic heterocycles. The Kier molecular flexibility index (Phi) is 10.6. The molecule has 0 fully saturated rings. The van der Waals surface area contributed by atoms with Gasteiger partial charge in [-0.15, -0.1) is 0 Å². The minimum absolute atomic E-state index is 0.259. The van der Waals surface area contributed by atoms with E-state index in [9.17, 15) is 9.59 Å². The summed E-state index contributed by atoms with van der Waals surface area (Å²) in [4.78, 5) is 25.3. The lowest BCUT2D eigenvalue weighted by Gasteiger charge is -2.27. The third-order valence-electron chi connectivity index (χ3n) is 5.67. The van der Waals surface area contributed by atoms with Crippen molar-refractivity contribution in [1.29, 1.82) is 0 Å². The predicted molar refractivity (Wildman–Crippen MR) is 123 cm³/mol. The first-order valence-electron chi connectivity index (χ1n) is 11.8. The molecule has 0 spiro atoms. The Morgan fingerprint density at radius 3 is 1.40 bits per heavy atom. The topological polar surface area (TPSA) is 52.6 Å². The van der Waals surface area contributed by atoms with Crippen molar-refractivity contribution < 1.29 is 19.1 Å². The van der Waals surface area contributed by atoms with Gasteiger partial charge >= 0.3 is 11.9 Å². The zero-order chi connectivity index (χ0) is 22.9. The number of esters is 2. The summed E-state index contributed by atoms with van der Waals surface area (Å²) in [5.41, 5.74) is 0.549. The van der Waals surface area contributed by atoms with Crippen molar-refractivity contribution >= 4 is 11.9 Å². The highest BCUT2D eigenvalue weighted by molar-refractivity contribution is 5.82. The number of hydrogen-bond acceptors (Lipinski definition) is 4. The Hall–Kier alpha value is -1.32. The highest BCUT2D eigenvalue weighted by Gasteiger charge is 2.36. The van der Waals surface area contributed by atoms with Gasteiger partial charge in [-0.1, -0.05) is 67.5 Å². The summed E-state index contributed by atoms with van der Waals surface area (Å²) >= 11 is 0. The third-order valence-corrected chi connectivity index (χ3v) is 5.67. The van der Waals surface area contributed by atoms with Gasteiger partial charge in [-0.05, 0) is 61.2 Å². The van der Waals surface area contributed by atoms with Gasteiger partial charge in [0.15, 0.2) is 0 Å². The number of carbonyl (C=O) groups is 2. The Balaban J connectivity index is 2.46. The molecule has 1 aliphatic carbocycles. The van der Waals surface area contributed by atoms with E-state index in [-0.39, 0.29) is 22.8 Å². The standard InChI is InChI=1S/C26H46O4/c1-19(17-25(3,4)5)13-15-29-23(27)21-11-9-10-12-22(21)24(28)30-16-14-20(2)18-26(6,7)8/h9-10,19-22H,11-18H2,1-8H3/t19?,20?,21-,22+. The average molecular weight is 423 g/mol. The summed E-state index contributed by atoms with van der Waals surface area (Å²) in [5, 5.41) is 0. The highest BCUT2D eigenvalue weighted by Crippen LogP contribution is 2.30. The van der Waals surface area contributed by atoms with Crippen LogP contribution in [0.15, 0.2) is 12.2 Å². The largest absolute Gasteiger partial charge is 0.465 e. The van der Waals surface area contributed by atoms with Gasteiger partial charge in [0.1, 0.15) is 0 Å². The van der Waals surface area contributed by atoms with Crippen LogP contribution in [-0.4, -0.2) is 25.2 Å². The van der Waals surface area contributed by atoms with E-state index in [1.165, 1.54) is 0 Å². The van der Waals surface area contributed by atoms with Crippen LogP contribution in [0.3, 0.4) is 0 Å². The van der Waals surface area contributed by atoms with E-state index >= 15 is 0 Å². The molecule has 0 saturated carbocycles. The maximum absolute atomic E-state index is 12.7. The van der Waals surface area contributed by atoms with Crippen molar-refractivity contribution in [3.8, 4) is 0 Å². The summed E-state index contributed by atoms with van der Waals surface area (Å²) in [5.74, 6) is -0.365. The van der Waals surface area contributed by atoms with E-state index in [4.69, 9.17) is 9.47 Å². The van der Waals surface area contributed by atoms with Crippen LogP contribution in [0, 0.1) is 34.5 Å². The summed E-state index contributed by atoms with van der Waals surface area (Å²) in [7, 11) is 0. The Morgan fingerprint density at radius 1 is 0.767 bits per heavy atom. The van der Waals surface area contributed by atoms with Crippen LogP contribution in [0.4, 0.5) is 0 Å². The minimum Gasteiger partial charge on any atom is -0.465 e. The lowest BCUT2D eigenvalue weighted by Crippen LogP contribution is -2.34. The van der Waals surface area contributed by atoms with E-state index in [1.54, 1.807) is 0 Å². The molecule has 0 radical (unpaired) electrons. The molecule has 1 aliphatic rings. The molecule has 0 bridgehead atoms. The van der Waals surface area contributed by atoms with E-state index < -0.39 is 11.8 Å². The second-order valence-corrected chi connectivity index (χ2v) is 11.8. The maximum Gasteiger partial charge on any atom is 0.310 e. The molecule has 2 unspecified atom stereocenters. The van der Waals surface area contributed by atoms with Crippen LogP contribution in [0.2, 0.25) is 0 Å². The van der Waals surface area contributed by atoms with Gasteiger partial charge in [0, 0.05) is 0 Å². The van der Waals surface area contributed by atoms with Crippen LogP contribution in [0.5, 0.6) is 0 Å². The number of rotatable bonds is 10. The van der Waals surface area contributed by atoms with Crippen LogP contribution in [0.1, 0.15) is 93.9 Å². The van der Waals surface area contributed by atoms with Crippen LogP contribution in [0.25, 0.3) is 0 Å². The molecule has 0 aromatic rings. The number of hydrogen-bond donors (Lipinski definition) is 0. The monoisotopic (exact) mass is 422 g/mol. The second-order valence-electron chi connectivity index (χ2n) is 11.8. The molecule has 0 amide bonds. The SMILES string of the molecule is CC(CCOC(=O)[C@H]1CC=CC[C@H]1C(=O)OCCC(C)CC(C)(C)C)CC(C)(C)C.